The zero-order valence-corrected chi connectivity index (χ0v) is 15.4. The molecular weight excluding hydrogens is 361 g/mol. The molecule has 2 aromatic rings. The summed E-state index contributed by atoms with van der Waals surface area (Å²) in [5, 5.41) is 14.6. The van der Waals surface area contributed by atoms with Crippen molar-refractivity contribution in [2.75, 3.05) is 18.5 Å². The van der Waals surface area contributed by atoms with Gasteiger partial charge >= 0.3 is 5.97 Å². The van der Waals surface area contributed by atoms with Gasteiger partial charge in [-0.05, 0) is 37.1 Å². The third kappa shape index (κ3) is 5.68. The van der Waals surface area contributed by atoms with Crippen molar-refractivity contribution < 1.29 is 18.7 Å². The van der Waals surface area contributed by atoms with E-state index in [4.69, 9.17) is 4.74 Å². The van der Waals surface area contributed by atoms with Gasteiger partial charge in [0, 0.05) is 12.7 Å². The Morgan fingerprint density at radius 3 is 2.61 bits per heavy atom. The van der Waals surface area contributed by atoms with E-state index >= 15 is 0 Å². The van der Waals surface area contributed by atoms with Gasteiger partial charge in [0.1, 0.15) is 17.5 Å². The highest BCUT2D eigenvalue weighted by molar-refractivity contribution is 6.09. The molecule has 2 N–H and O–H groups in total. The Morgan fingerprint density at radius 1 is 1.18 bits per heavy atom. The monoisotopic (exact) mass is 381 g/mol. The second-order valence-electron chi connectivity index (χ2n) is 5.69. The summed E-state index contributed by atoms with van der Waals surface area (Å²) < 4.78 is 18.5. The molecule has 0 saturated carbocycles. The Morgan fingerprint density at radius 2 is 1.89 bits per heavy atom. The summed E-state index contributed by atoms with van der Waals surface area (Å²) in [7, 11) is 0. The van der Waals surface area contributed by atoms with Crippen molar-refractivity contribution in [2.24, 2.45) is 0 Å². The SMILES string of the molecule is CCOC(=O)c1ccccc1NC(=O)/C(C#N)=C\NCCc1ccccc1F. The molecular formula is C21H20FN3O3. The number of carbonyl (C=O) groups excluding carboxylic acids is 2. The second kappa shape index (κ2) is 10.5. The molecule has 2 rings (SSSR count). The molecule has 7 heteroatoms. The van der Waals surface area contributed by atoms with Gasteiger partial charge in [-0.15, -0.1) is 0 Å². The van der Waals surface area contributed by atoms with Gasteiger partial charge in [0.25, 0.3) is 5.91 Å². The van der Waals surface area contributed by atoms with Crippen LogP contribution in [-0.2, 0) is 16.0 Å². The molecule has 0 fully saturated rings. The highest BCUT2D eigenvalue weighted by Gasteiger charge is 2.16. The minimum absolute atomic E-state index is 0.174. The van der Waals surface area contributed by atoms with Crippen LogP contribution in [0.5, 0.6) is 0 Å². The van der Waals surface area contributed by atoms with Gasteiger partial charge < -0.3 is 15.4 Å². The van der Waals surface area contributed by atoms with Crippen LogP contribution in [0.2, 0.25) is 0 Å². The maximum absolute atomic E-state index is 13.6. The van der Waals surface area contributed by atoms with Gasteiger partial charge in [0.2, 0.25) is 0 Å². The first kappa shape index (κ1) is 20.6. The van der Waals surface area contributed by atoms with Crippen molar-refractivity contribution in [3.05, 3.63) is 77.2 Å². The van der Waals surface area contributed by atoms with Gasteiger partial charge in [-0.1, -0.05) is 30.3 Å². The van der Waals surface area contributed by atoms with Crippen molar-refractivity contribution in [1.29, 1.82) is 5.26 Å². The lowest BCUT2D eigenvalue weighted by Crippen LogP contribution is -2.19. The summed E-state index contributed by atoms with van der Waals surface area (Å²) in [4.78, 5) is 24.3. The number of anilines is 1. The van der Waals surface area contributed by atoms with E-state index in [0.717, 1.165) is 0 Å². The number of para-hydroxylation sites is 1. The fourth-order valence-electron chi connectivity index (χ4n) is 2.40. The minimum Gasteiger partial charge on any atom is -0.462 e. The number of esters is 1. The molecule has 0 aromatic heterocycles. The summed E-state index contributed by atoms with van der Waals surface area (Å²) in [5.41, 5.74) is 0.808. The number of hydrogen-bond donors (Lipinski definition) is 2. The van der Waals surface area contributed by atoms with Crippen LogP contribution in [0.3, 0.4) is 0 Å². The number of nitrogens with one attached hydrogen (secondary N) is 2. The topological polar surface area (TPSA) is 91.2 Å². The molecule has 0 bridgehead atoms. The van der Waals surface area contributed by atoms with Crippen molar-refractivity contribution in [3.63, 3.8) is 0 Å². The zero-order chi connectivity index (χ0) is 20.4. The lowest BCUT2D eigenvalue weighted by Gasteiger charge is -2.10. The van der Waals surface area contributed by atoms with Crippen LogP contribution in [0.15, 0.2) is 60.3 Å². The number of rotatable bonds is 8. The fraction of sp³-hybridized carbons (Fsp3) is 0.190. The first-order valence-electron chi connectivity index (χ1n) is 8.71. The minimum atomic E-state index is -0.669. The third-order valence-electron chi connectivity index (χ3n) is 3.78. The highest BCUT2D eigenvalue weighted by Crippen LogP contribution is 2.17. The molecule has 0 atom stereocenters. The molecule has 0 aliphatic carbocycles. The van der Waals surface area contributed by atoms with Gasteiger partial charge in [-0.2, -0.15) is 5.26 Å². The number of halogens is 1. The predicted octanol–water partition coefficient (Wildman–Crippen LogP) is 3.18. The smallest absolute Gasteiger partial charge is 0.340 e. The average molecular weight is 381 g/mol. The molecule has 0 saturated heterocycles. The summed E-state index contributed by atoms with van der Waals surface area (Å²) in [6.45, 7) is 2.23. The Hall–Kier alpha value is -3.66. The van der Waals surface area contributed by atoms with E-state index in [1.54, 1.807) is 49.4 Å². The molecule has 144 valence electrons. The number of nitriles is 1. The quantitative estimate of drug-likeness (QED) is 0.317. The Labute approximate surface area is 162 Å². The Balaban J connectivity index is 2.00. The van der Waals surface area contributed by atoms with E-state index in [-0.39, 0.29) is 29.2 Å². The van der Waals surface area contributed by atoms with Crippen molar-refractivity contribution in [1.82, 2.24) is 5.32 Å². The molecule has 0 aliphatic heterocycles. The first-order chi connectivity index (χ1) is 13.6. The number of nitrogens with zero attached hydrogens (tertiary/aromatic N) is 1. The molecule has 0 radical (unpaired) electrons. The molecule has 0 heterocycles. The maximum Gasteiger partial charge on any atom is 0.340 e. The van der Waals surface area contributed by atoms with E-state index in [1.807, 2.05) is 0 Å². The van der Waals surface area contributed by atoms with Gasteiger partial charge in [0.15, 0.2) is 0 Å². The van der Waals surface area contributed by atoms with Crippen LogP contribution in [0, 0.1) is 17.1 Å². The number of hydrogen-bond acceptors (Lipinski definition) is 5. The standard InChI is InChI=1S/C21H20FN3O3/c1-2-28-21(27)17-8-4-6-10-19(17)25-20(26)16(13-23)14-24-12-11-15-7-3-5-9-18(15)22/h3-10,14,24H,2,11-12H2,1H3,(H,25,26)/b16-14-. The maximum atomic E-state index is 13.6. The van der Waals surface area contributed by atoms with Crippen LogP contribution in [-0.4, -0.2) is 25.0 Å². The van der Waals surface area contributed by atoms with E-state index in [1.165, 1.54) is 18.3 Å². The Kier molecular flexibility index (Phi) is 7.73. The van der Waals surface area contributed by atoms with Crippen LogP contribution in [0.4, 0.5) is 10.1 Å². The van der Waals surface area contributed by atoms with Crippen molar-refractivity contribution in [3.8, 4) is 6.07 Å². The molecule has 0 aliphatic rings. The highest BCUT2D eigenvalue weighted by atomic mass is 19.1. The average Bonchev–Trinajstić information content (AvgIpc) is 2.69. The van der Waals surface area contributed by atoms with E-state index in [2.05, 4.69) is 10.6 Å². The predicted molar refractivity (Wildman–Crippen MR) is 103 cm³/mol. The van der Waals surface area contributed by atoms with Crippen LogP contribution in [0.1, 0.15) is 22.8 Å². The second-order valence-corrected chi connectivity index (χ2v) is 5.69. The van der Waals surface area contributed by atoms with Crippen LogP contribution >= 0.6 is 0 Å². The van der Waals surface area contributed by atoms with Gasteiger partial charge in [-0.25, -0.2) is 9.18 Å². The van der Waals surface area contributed by atoms with Crippen LogP contribution < -0.4 is 10.6 Å². The van der Waals surface area contributed by atoms with Gasteiger partial charge in [-0.3, -0.25) is 4.79 Å². The third-order valence-corrected chi connectivity index (χ3v) is 3.78. The number of benzene rings is 2. The lowest BCUT2D eigenvalue weighted by molar-refractivity contribution is -0.112. The van der Waals surface area contributed by atoms with E-state index in [9.17, 15) is 19.2 Å². The van der Waals surface area contributed by atoms with Crippen LogP contribution in [0.25, 0.3) is 0 Å². The Bertz CT molecular complexity index is 919. The molecule has 1 amide bonds. The lowest BCUT2D eigenvalue weighted by atomic mass is 10.1. The fourth-order valence-corrected chi connectivity index (χ4v) is 2.40. The van der Waals surface area contributed by atoms with E-state index < -0.39 is 11.9 Å². The molecule has 28 heavy (non-hydrogen) atoms. The summed E-state index contributed by atoms with van der Waals surface area (Å²) in [6.07, 6.45) is 1.67. The van der Waals surface area contributed by atoms with Gasteiger partial charge in [0.05, 0.1) is 17.9 Å². The van der Waals surface area contributed by atoms with E-state index in [0.29, 0.717) is 18.5 Å². The normalized spacial score (nSPS) is 10.7. The summed E-state index contributed by atoms with van der Waals surface area (Å²) in [5.74, 6) is -1.54. The largest absolute Gasteiger partial charge is 0.462 e. The number of ether oxygens (including phenoxy) is 1. The number of carbonyl (C=O) groups is 2. The molecule has 0 spiro atoms. The zero-order valence-electron chi connectivity index (χ0n) is 15.4. The first-order valence-corrected chi connectivity index (χ1v) is 8.71. The molecule has 6 nitrogen and oxygen atoms in total. The molecule has 2 aromatic carbocycles. The summed E-state index contributed by atoms with van der Waals surface area (Å²) >= 11 is 0. The molecule has 0 unspecified atom stereocenters. The van der Waals surface area contributed by atoms with Crippen molar-refractivity contribution >= 4 is 17.6 Å². The number of amides is 1. The van der Waals surface area contributed by atoms with Crippen molar-refractivity contribution in [2.45, 2.75) is 13.3 Å². The summed E-state index contributed by atoms with van der Waals surface area (Å²) in [6, 6.07) is 14.6.